The van der Waals surface area contributed by atoms with Gasteiger partial charge in [-0.3, -0.25) is 4.79 Å². The molecular formula is C12H11BrClNO2. The van der Waals surface area contributed by atoms with Crippen LogP contribution in [0.15, 0.2) is 16.6 Å². The Labute approximate surface area is 112 Å². The highest BCUT2D eigenvalue weighted by Gasteiger charge is 2.18. The van der Waals surface area contributed by atoms with E-state index in [-0.39, 0.29) is 5.78 Å². The summed E-state index contributed by atoms with van der Waals surface area (Å²) >= 11 is 9.47. The molecule has 0 unspecified atom stereocenters. The van der Waals surface area contributed by atoms with Gasteiger partial charge in [0.15, 0.2) is 5.78 Å². The molecule has 1 heterocycles. The van der Waals surface area contributed by atoms with E-state index in [0.717, 1.165) is 21.1 Å². The second-order valence-corrected chi connectivity index (χ2v) is 4.95. The van der Waals surface area contributed by atoms with E-state index in [1.165, 1.54) is 6.92 Å². The Balaban J connectivity index is 2.82. The average Bonchev–Trinajstić information content (AvgIpc) is 2.63. The van der Waals surface area contributed by atoms with E-state index in [2.05, 4.69) is 20.9 Å². The van der Waals surface area contributed by atoms with Crippen LogP contribution in [0, 0.1) is 0 Å². The number of H-pyrrole nitrogens is 1. The topological polar surface area (TPSA) is 42.1 Å². The molecule has 2 aromatic rings. The average molecular weight is 317 g/mol. The third kappa shape index (κ3) is 2.12. The molecule has 0 aliphatic carbocycles. The molecule has 5 heteroatoms. The van der Waals surface area contributed by atoms with Crippen molar-refractivity contribution >= 4 is 44.2 Å². The SMILES string of the molecule is COCc1[nH]c2ccc(Cl)c(Br)c2c1C(C)=O. The van der Waals surface area contributed by atoms with E-state index in [4.69, 9.17) is 16.3 Å². The molecule has 0 bridgehead atoms. The Bertz CT molecular complexity index is 592. The Morgan fingerprint density at radius 3 is 2.82 bits per heavy atom. The zero-order valence-corrected chi connectivity index (χ0v) is 11.8. The maximum Gasteiger partial charge on any atom is 0.162 e. The van der Waals surface area contributed by atoms with E-state index < -0.39 is 0 Å². The highest BCUT2D eigenvalue weighted by molar-refractivity contribution is 9.10. The summed E-state index contributed by atoms with van der Waals surface area (Å²) in [4.78, 5) is 14.9. The number of nitrogens with one attached hydrogen (secondary N) is 1. The first kappa shape index (κ1) is 12.6. The first-order chi connectivity index (χ1) is 8.06. The quantitative estimate of drug-likeness (QED) is 0.872. The first-order valence-corrected chi connectivity index (χ1v) is 6.21. The van der Waals surface area contributed by atoms with Gasteiger partial charge in [0.2, 0.25) is 0 Å². The van der Waals surface area contributed by atoms with Crippen molar-refractivity contribution in [1.82, 2.24) is 4.98 Å². The molecule has 0 spiro atoms. The van der Waals surface area contributed by atoms with Crippen molar-refractivity contribution in [3.05, 3.63) is 32.9 Å². The van der Waals surface area contributed by atoms with Crippen molar-refractivity contribution in [1.29, 1.82) is 0 Å². The summed E-state index contributed by atoms with van der Waals surface area (Å²) in [5.41, 5.74) is 2.28. The lowest BCUT2D eigenvalue weighted by atomic mass is 10.1. The van der Waals surface area contributed by atoms with Gasteiger partial charge in [0, 0.05) is 28.0 Å². The van der Waals surface area contributed by atoms with Gasteiger partial charge in [-0.1, -0.05) is 11.6 Å². The minimum atomic E-state index is -0.00809. The number of halogens is 2. The molecule has 1 aromatic heterocycles. The minimum absolute atomic E-state index is 0.00809. The van der Waals surface area contributed by atoms with E-state index in [1.807, 2.05) is 6.07 Å². The number of ketones is 1. The molecule has 17 heavy (non-hydrogen) atoms. The van der Waals surface area contributed by atoms with E-state index in [1.54, 1.807) is 13.2 Å². The lowest BCUT2D eigenvalue weighted by molar-refractivity contribution is 0.101. The summed E-state index contributed by atoms with van der Waals surface area (Å²) in [6, 6.07) is 3.64. The predicted molar refractivity (Wildman–Crippen MR) is 71.7 cm³/mol. The number of benzene rings is 1. The Hall–Kier alpha value is -0.840. The van der Waals surface area contributed by atoms with Gasteiger partial charge in [-0.05, 0) is 35.0 Å². The maximum absolute atomic E-state index is 11.7. The summed E-state index contributed by atoms with van der Waals surface area (Å²) in [5, 5.41) is 1.40. The largest absolute Gasteiger partial charge is 0.378 e. The van der Waals surface area contributed by atoms with Gasteiger partial charge in [0.1, 0.15) is 0 Å². The number of aromatic amines is 1. The molecular weight excluding hydrogens is 305 g/mol. The fraction of sp³-hybridized carbons (Fsp3) is 0.250. The van der Waals surface area contributed by atoms with Crippen molar-refractivity contribution in [2.24, 2.45) is 0 Å². The molecule has 0 atom stereocenters. The smallest absolute Gasteiger partial charge is 0.162 e. The number of ether oxygens (including phenoxy) is 1. The molecule has 0 aliphatic heterocycles. The van der Waals surface area contributed by atoms with Crippen LogP contribution >= 0.6 is 27.5 Å². The number of fused-ring (bicyclic) bond motifs is 1. The third-order valence-electron chi connectivity index (χ3n) is 2.57. The van der Waals surface area contributed by atoms with Crippen LogP contribution in [0.5, 0.6) is 0 Å². The number of Topliss-reactive ketones (excluding diaryl/α,β-unsaturated/α-hetero) is 1. The molecule has 90 valence electrons. The number of aromatic nitrogens is 1. The van der Waals surface area contributed by atoms with Gasteiger partial charge in [0.25, 0.3) is 0 Å². The Kier molecular flexibility index (Phi) is 3.56. The molecule has 3 nitrogen and oxygen atoms in total. The molecule has 1 N–H and O–H groups in total. The van der Waals surface area contributed by atoms with Gasteiger partial charge >= 0.3 is 0 Å². The van der Waals surface area contributed by atoms with Gasteiger partial charge in [0.05, 0.1) is 17.3 Å². The van der Waals surface area contributed by atoms with Crippen LogP contribution in [0.2, 0.25) is 5.02 Å². The van der Waals surface area contributed by atoms with Gasteiger partial charge in [-0.25, -0.2) is 0 Å². The molecule has 0 fully saturated rings. The molecule has 1 aromatic carbocycles. The fourth-order valence-electron chi connectivity index (χ4n) is 1.92. The summed E-state index contributed by atoms with van der Waals surface area (Å²) in [6.45, 7) is 1.91. The molecule has 2 rings (SSSR count). The maximum atomic E-state index is 11.7. The second-order valence-electron chi connectivity index (χ2n) is 3.75. The number of hydrogen-bond donors (Lipinski definition) is 1. The number of carbonyl (C=O) groups excluding carboxylic acids is 1. The van der Waals surface area contributed by atoms with Crippen LogP contribution in [-0.2, 0) is 11.3 Å². The third-order valence-corrected chi connectivity index (χ3v) is 3.94. The minimum Gasteiger partial charge on any atom is -0.378 e. The zero-order valence-electron chi connectivity index (χ0n) is 9.43. The summed E-state index contributed by atoms with van der Waals surface area (Å²) in [5.74, 6) is -0.00809. The van der Waals surface area contributed by atoms with Gasteiger partial charge < -0.3 is 9.72 Å². The molecule has 0 saturated heterocycles. The molecule has 0 radical (unpaired) electrons. The number of methoxy groups -OCH3 is 1. The van der Waals surface area contributed by atoms with Crippen molar-refractivity contribution in [2.45, 2.75) is 13.5 Å². The fourth-order valence-corrected chi connectivity index (χ4v) is 2.62. The molecule has 0 amide bonds. The van der Waals surface area contributed by atoms with E-state index >= 15 is 0 Å². The van der Waals surface area contributed by atoms with Crippen LogP contribution in [0.25, 0.3) is 10.9 Å². The summed E-state index contributed by atoms with van der Waals surface area (Å²) in [7, 11) is 1.59. The van der Waals surface area contributed by atoms with E-state index in [0.29, 0.717) is 17.2 Å². The number of hydrogen-bond acceptors (Lipinski definition) is 2. The summed E-state index contributed by atoms with van der Waals surface area (Å²) < 4.78 is 5.82. The molecule has 0 aliphatic rings. The van der Waals surface area contributed by atoms with Gasteiger partial charge in [-0.2, -0.15) is 0 Å². The monoisotopic (exact) mass is 315 g/mol. The van der Waals surface area contributed by atoms with Crippen LogP contribution in [-0.4, -0.2) is 17.9 Å². The first-order valence-electron chi connectivity index (χ1n) is 5.04. The van der Waals surface area contributed by atoms with Crippen LogP contribution in [0.3, 0.4) is 0 Å². The van der Waals surface area contributed by atoms with Crippen molar-refractivity contribution in [3.63, 3.8) is 0 Å². The lowest BCUT2D eigenvalue weighted by Crippen LogP contribution is -1.99. The van der Waals surface area contributed by atoms with Crippen molar-refractivity contribution in [2.75, 3.05) is 7.11 Å². The highest BCUT2D eigenvalue weighted by atomic mass is 79.9. The van der Waals surface area contributed by atoms with Crippen molar-refractivity contribution < 1.29 is 9.53 Å². The standard InChI is InChI=1S/C12H11BrClNO2/c1-6(16)10-9(5-17-2)15-8-4-3-7(14)12(13)11(8)10/h3-4,15H,5H2,1-2H3. The van der Waals surface area contributed by atoms with Crippen molar-refractivity contribution in [3.8, 4) is 0 Å². The predicted octanol–water partition coefficient (Wildman–Crippen LogP) is 3.93. The summed E-state index contributed by atoms with van der Waals surface area (Å²) in [6.07, 6.45) is 0. The second kappa shape index (κ2) is 4.80. The lowest BCUT2D eigenvalue weighted by Gasteiger charge is -2.01. The van der Waals surface area contributed by atoms with Crippen LogP contribution in [0.4, 0.5) is 0 Å². The molecule has 0 saturated carbocycles. The highest BCUT2D eigenvalue weighted by Crippen LogP contribution is 2.35. The zero-order chi connectivity index (χ0) is 12.6. The van der Waals surface area contributed by atoms with Crippen LogP contribution in [0.1, 0.15) is 23.0 Å². The number of carbonyl (C=O) groups is 1. The number of rotatable bonds is 3. The Morgan fingerprint density at radius 1 is 1.53 bits per heavy atom. The Morgan fingerprint density at radius 2 is 2.24 bits per heavy atom. The van der Waals surface area contributed by atoms with Gasteiger partial charge in [-0.15, -0.1) is 0 Å². The van der Waals surface area contributed by atoms with Crippen LogP contribution < -0.4 is 0 Å². The normalized spacial score (nSPS) is 11.1. The van der Waals surface area contributed by atoms with E-state index in [9.17, 15) is 4.79 Å².